The van der Waals surface area contributed by atoms with Crippen LogP contribution in [0.15, 0.2) is 42.5 Å². The van der Waals surface area contributed by atoms with Crippen LogP contribution in [0.1, 0.15) is 10.4 Å². The highest BCUT2D eigenvalue weighted by Gasteiger charge is 2.20. The number of carbonyl (C=O) groups excluding carboxylic acids is 1. The first-order chi connectivity index (χ1) is 14.6. The van der Waals surface area contributed by atoms with E-state index in [0.29, 0.717) is 46.2 Å². The lowest BCUT2D eigenvalue weighted by molar-refractivity contribution is 0.0602. The van der Waals surface area contributed by atoms with E-state index in [-0.39, 0.29) is 0 Å². The van der Waals surface area contributed by atoms with Crippen LogP contribution in [0.4, 0.5) is 5.82 Å². The van der Waals surface area contributed by atoms with Crippen molar-refractivity contribution in [2.45, 2.75) is 0 Å². The van der Waals surface area contributed by atoms with Crippen LogP contribution in [0.3, 0.4) is 0 Å². The van der Waals surface area contributed by atoms with Crippen molar-refractivity contribution in [2.75, 3.05) is 38.3 Å². The molecule has 0 amide bonds. The molecule has 152 valence electrons. The minimum atomic E-state index is -0.439. The van der Waals surface area contributed by atoms with Crippen LogP contribution in [0.5, 0.6) is 0 Å². The number of H-pyrrole nitrogens is 1. The van der Waals surface area contributed by atoms with Crippen LogP contribution in [0.2, 0.25) is 5.02 Å². The summed E-state index contributed by atoms with van der Waals surface area (Å²) in [5.41, 5.74) is 3.82. The van der Waals surface area contributed by atoms with E-state index in [1.165, 1.54) is 7.11 Å². The van der Waals surface area contributed by atoms with Gasteiger partial charge in [-0.15, -0.1) is 0 Å². The number of hydrogen-bond donors (Lipinski definition) is 1. The number of aromatic nitrogens is 3. The van der Waals surface area contributed by atoms with Crippen molar-refractivity contribution in [3.8, 4) is 11.3 Å². The lowest BCUT2D eigenvalue weighted by atomic mass is 10.1. The van der Waals surface area contributed by atoms with Gasteiger partial charge < -0.3 is 19.4 Å². The second-order valence-electron chi connectivity index (χ2n) is 7.07. The van der Waals surface area contributed by atoms with Gasteiger partial charge in [0.2, 0.25) is 0 Å². The third-order valence-electron chi connectivity index (χ3n) is 5.26. The third kappa shape index (κ3) is 3.26. The molecule has 1 saturated heterocycles. The number of benzene rings is 1. The Hall–Kier alpha value is -3.16. The monoisotopic (exact) mass is 422 g/mol. The summed E-state index contributed by atoms with van der Waals surface area (Å²) in [5.74, 6) is 0.428. The van der Waals surface area contributed by atoms with Crippen molar-refractivity contribution in [3.63, 3.8) is 0 Å². The molecular formula is C22H19ClN4O3. The Morgan fingerprint density at radius 1 is 1.17 bits per heavy atom. The maximum absolute atomic E-state index is 12.5. The predicted molar refractivity (Wildman–Crippen MR) is 116 cm³/mol. The summed E-state index contributed by atoms with van der Waals surface area (Å²) < 4.78 is 10.4. The summed E-state index contributed by atoms with van der Waals surface area (Å²) in [6.45, 7) is 2.96. The van der Waals surface area contributed by atoms with Gasteiger partial charge in [0.05, 0.1) is 42.6 Å². The number of halogens is 1. The van der Waals surface area contributed by atoms with Crippen molar-refractivity contribution >= 4 is 45.5 Å². The highest BCUT2D eigenvalue weighted by Crippen LogP contribution is 2.31. The van der Waals surface area contributed by atoms with Gasteiger partial charge in [-0.2, -0.15) is 0 Å². The number of aromatic amines is 1. The van der Waals surface area contributed by atoms with E-state index in [1.54, 1.807) is 12.1 Å². The average molecular weight is 423 g/mol. The first-order valence-electron chi connectivity index (χ1n) is 9.64. The molecule has 4 aromatic rings. The van der Waals surface area contributed by atoms with Crippen LogP contribution in [-0.2, 0) is 9.47 Å². The van der Waals surface area contributed by atoms with E-state index in [4.69, 9.17) is 31.0 Å². The number of morpholine rings is 1. The van der Waals surface area contributed by atoms with Crippen LogP contribution in [0.25, 0.3) is 33.3 Å². The highest BCUT2D eigenvalue weighted by atomic mass is 35.5. The van der Waals surface area contributed by atoms with Crippen molar-refractivity contribution in [1.29, 1.82) is 0 Å². The first-order valence-corrected chi connectivity index (χ1v) is 10.0. The number of ether oxygens (including phenoxy) is 2. The van der Waals surface area contributed by atoms with Crippen molar-refractivity contribution in [1.82, 2.24) is 15.0 Å². The Bertz CT molecular complexity index is 1260. The molecule has 1 aliphatic rings. The minimum absolute atomic E-state index is 0.406. The zero-order valence-corrected chi connectivity index (χ0v) is 17.1. The van der Waals surface area contributed by atoms with Crippen LogP contribution < -0.4 is 4.90 Å². The molecular weight excluding hydrogens is 404 g/mol. The van der Waals surface area contributed by atoms with E-state index in [0.717, 1.165) is 29.9 Å². The van der Waals surface area contributed by atoms with E-state index in [1.807, 2.05) is 30.3 Å². The number of methoxy groups -OCH3 is 1. The molecule has 1 fully saturated rings. The zero-order valence-electron chi connectivity index (χ0n) is 16.3. The van der Waals surface area contributed by atoms with E-state index in [9.17, 15) is 4.79 Å². The largest absolute Gasteiger partial charge is 0.465 e. The number of carbonyl (C=O) groups is 1. The molecule has 0 radical (unpaired) electrons. The number of fused-ring (bicyclic) bond motifs is 3. The summed E-state index contributed by atoms with van der Waals surface area (Å²) >= 11 is 6.16. The maximum Gasteiger partial charge on any atom is 0.340 e. The van der Waals surface area contributed by atoms with Crippen LogP contribution >= 0.6 is 11.6 Å². The third-order valence-corrected chi connectivity index (χ3v) is 5.49. The topological polar surface area (TPSA) is 80.3 Å². The molecule has 3 aromatic heterocycles. The highest BCUT2D eigenvalue weighted by molar-refractivity contribution is 6.30. The number of pyridine rings is 2. The quantitative estimate of drug-likeness (QED) is 0.501. The summed E-state index contributed by atoms with van der Waals surface area (Å²) in [6.07, 6.45) is 0. The number of esters is 1. The van der Waals surface area contributed by atoms with E-state index < -0.39 is 5.97 Å². The Morgan fingerprint density at radius 3 is 2.77 bits per heavy atom. The van der Waals surface area contributed by atoms with Crippen molar-refractivity contribution in [3.05, 3.63) is 53.1 Å². The molecule has 0 bridgehead atoms. The fraction of sp³-hybridized carbons (Fsp3) is 0.227. The smallest absolute Gasteiger partial charge is 0.340 e. The standard InChI is InChI=1S/C22H19ClN4O3/c1-29-22(28)16-12-17(13-3-2-4-14(23)11-13)24-19-15-5-6-18(25-21(15)26-20(16)19)27-7-9-30-10-8-27/h2-6,11-12H,7-10H2,1H3,(H,25,26). The fourth-order valence-corrected chi connectivity index (χ4v) is 3.95. The normalized spacial score (nSPS) is 14.4. The van der Waals surface area contributed by atoms with Crippen molar-refractivity contribution < 1.29 is 14.3 Å². The number of anilines is 1. The zero-order chi connectivity index (χ0) is 20.7. The lowest BCUT2D eigenvalue weighted by Gasteiger charge is -2.27. The number of hydrogen-bond acceptors (Lipinski definition) is 6. The van der Waals surface area contributed by atoms with Crippen molar-refractivity contribution in [2.24, 2.45) is 0 Å². The second-order valence-corrected chi connectivity index (χ2v) is 7.51. The molecule has 0 atom stereocenters. The Kier molecular flexibility index (Phi) is 4.77. The molecule has 1 N–H and O–H groups in total. The SMILES string of the molecule is COC(=O)c1cc(-c2cccc(Cl)c2)nc2c1[nH]c1nc(N3CCOCC3)ccc12. The minimum Gasteiger partial charge on any atom is -0.465 e. The Balaban J connectivity index is 1.71. The summed E-state index contributed by atoms with van der Waals surface area (Å²) in [6, 6.07) is 13.1. The predicted octanol–water partition coefficient (Wildman–Crippen LogP) is 4.05. The second kappa shape index (κ2) is 7.59. The molecule has 1 aliphatic heterocycles. The van der Waals surface area contributed by atoms with Gasteiger partial charge in [-0.1, -0.05) is 23.7 Å². The fourth-order valence-electron chi connectivity index (χ4n) is 3.76. The molecule has 0 aliphatic carbocycles. The van der Waals surface area contributed by atoms with Gasteiger partial charge in [0.1, 0.15) is 11.5 Å². The van der Waals surface area contributed by atoms with Gasteiger partial charge in [-0.25, -0.2) is 14.8 Å². The summed E-state index contributed by atoms with van der Waals surface area (Å²) in [5, 5.41) is 1.45. The summed E-state index contributed by atoms with van der Waals surface area (Å²) in [4.78, 5) is 27.6. The number of rotatable bonds is 3. The lowest BCUT2D eigenvalue weighted by Crippen LogP contribution is -2.36. The van der Waals surface area contributed by atoms with Gasteiger partial charge >= 0.3 is 5.97 Å². The first kappa shape index (κ1) is 18.8. The molecule has 0 saturated carbocycles. The summed E-state index contributed by atoms with van der Waals surface area (Å²) in [7, 11) is 1.37. The molecule has 4 heterocycles. The van der Waals surface area contributed by atoms with Gasteiger partial charge in [-0.05, 0) is 30.3 Å². The number of nitrogens with zero attached hydrogens (tertiary/aromatic N) is 3. The van der Waals surface area contributed by atoms with Gasteiger partial charge in [0, 0.05) is 29.1 Å². The van der Waals surface area contributed by atoms with Crippen LogP contribution in [0, 0.1) is 0 Å². The average Bonchev–Trinajstić information content (AvgIpc) is 3.16. The molecule has 0 unspecified atom stereocenters. The molecule has 1 aromatic carbocycles. The van der Waals surface area contributed by atoms with Gasteiger partial charge in [-0.3, -0.25) is 0 Å². The van der Waals surface area contributed by atoms with Crippen LogP contribution in [-0.4, -0.2) is 54.3 Å². The molecule has 7 nitrogen and oxygen atoms in total. The number of nitrogens with one attached hydrogen (secondary N) is 1. The Morgan fingerprint density at radius 2 is 2.00 bits per heavy atom. The van der Waals surface area contributed by atoms with Gasteiger partial charge in [0.15, 0.2) is 0 Å². The van der Waals surface area contributed by atoms with E-state index >= 15 is 0 Å². The van der Waals surface area contributed by atoms with E-state index in [2.05, 4.69) is 9.88 Å². The molecule has 8 heteroatoms. The molecule has 30 heavy (non-hydrogen) atoms. The van der Waals surface area contributed by atoms with Gasteiger partial charge in [0.25, 0.3) is 0 Å². The molecule has 5 rings (SSSR count). The maximum atomic E-state index is 12.5. The Labute approximate surface area is 177 Å². The molecule has 0 spiro atoms.